The van der Waals surface area contributed by atoms with Gasteiger partial charge in [0.25, 0.3) is 0 Å². The number of methoxy groups -OCH3 is 2. The predicted octanol–water partition coefficient (Wildman–Crippen LogP) is 2.75. The molecule has 2 aromatic carbocycles. The summed E-state index contributed by atoms with van der Waals surface area (Å²) in [6, 6.07) is 11.3. The number of benzene rings is 2. The molecule has 0 aliphatic rings. The summed E-state index contributed by atoms with van der Waals surface area (Å²) in [5, 5.41) is 0. The van der Waals surface area contributed by atoms with E-state index in [1.807, 2.05) is 0 Å². The van der Waals surface area contributed by atoms with Crippen LogP contribution in [0.3, 0.4) is 0 Å². The molecule has 0 aromatic heterocycles. The SMILES string of the molecule is COc1ccc(N(C)C(=O)CN(C)S(=O)(=O)c2ccc(Br)cc2)cc1OC. The van der Waals surface area contributed by atoms with Crippen LogP contribution in [0.1, 0.15) is 0 Å². The standard InChI is InChI=1S/C18H21BrN2O5S/c1-20(27(23,24)15-8-5-13(19)6-9-15)12-18(22)21(2)14-7-10-16(25-3)17(11-14)26-4/h5-11H,12H2,1-4H3. The van der Waals surface area contributed by atoms with Crippen molar-refractivity contribution in [3.8, 4) is 11.5 Å². The minimum atomic E-state index is -3.77. The van der Waals surface area contributed by atoms with E-state index in [9.17, 15) is 13.2 Å². The molecule has 0 aliphatic carbocycles. The summed E-state index contributed by atoms with van der Waals surface area (Å²) in [7, 11) is 2.20. The molecular formula is C18H21BrN2O5S. The molecule has 0 atom stereocenters. The van der Waals surface area contributed by atoms with Crippen LogP contribution in [0.5, 0.6) is 11.5 Å². The number of anilines is 1. The number of carbonyl (C=O) groups excluding carboxylic acids is 1. The number of rotatable bonds is 7. The average molecular weight is 457 g/mol. The maximum Gasteiger partial charge on any atom is 0.243 e. The van der Waals surface area contributed by atoms with Crippen LogP contribution in [0.25, 0.3) is 0 Å². The van der Waals surface area contributed by atoms with Crippen LogP contribution in [0.15, 0.2) is 51.8 Å². The van der Waals surface area contributed by atoms with E-state index in [-0.39, 0.29) is 17.3 Å². The molecule has 0 saturated carbocycles. The van der Waals surface area contributed by atoms with Gasteiger partial charge in [-0.3, -0.25) is 4.79 Å². The van der Waals surface area contributed by atoms with E-state index in [4.69, 9.17) is 9.47 Å². The van der Waals surface area contributed by atoms with E-state index in [0.717, 1.165) is 8.78 Å². The molecule has 0 radical (unpaired) electrons. The Hall–Kier alpha value is -2.10. The molecular weight excluding hydrogens is 436 g/mol. The van der Waals surface area contributed by atoms with Gasteiger partial charge in [0.2, 0.25) is 15.9 Å². The van der Waals surface area contributed by atoms with Crippen molar-refractivity contribution in [3.63, 3.8) is 0 Å². The number of hydrogen-bond donors (Lipinski definition) is 0. The van der Waals surface area contributed by atoms with Crippen LogP contribution in [0.4, 0.5) is 5.69 Å². The molecule has 27 heavy (non-hydrogen) atoms. The number of halogens is 1. The van der Waals surface area contributed by atoms with Gasteiger partial charge in [0, 0.05) is 30.3 Å². The Labute approximate surface area is 167 Å². The monoisotopic (exact) mass is 456 g/mol. The first-order chi connectivity index (χ1) is 12.7. The molecule has 1 amide bonds. The lowest BCUT2D eigenvalue weighted by Gasteiger charge is -2.22. The summed E-state index contributed by atoms with van der Waals surface area (Å²) in [6.07, 6.45) is 0. The molecule has 0 aliphatic heterocycles. The molecule has 2 rings (SSSR count). The van der Waals surface area contributed by atoms with Gasteiger partial charge >= 0.3 is 0 Å². The largest absolute Gasteiger partial charge is 0.493 e. The lowest BCUT2D eigenvalue weighted by Crippen LogP contribution is -2.39. The second-order valence-electron chi connectivity index (χ2n) is 5.71. The number of likely N-dealkylation sites (N-methyl/N-ethyl adjacent to an activating group) is 2. The number of sulfonamides is 1. The van der Waals surface area contributed by atoms with Gasteiger partial charge in [-0.25, -0.2) is 8.42 Å². The lowest BCUT2D eigenvalue weighted by atomic mass is 10.2. The predicted molar refractivity (Wildman–Crippen MR) is 107 cm³/mol. The van der Waals surface area contributed by atoms with Gasteiger partial charge in [-0.15, -0.1) is 0 Å². The highest BCUT2D eigenvalue weighted by Gasteiger charge is 2.25. The number of hydrogen-bond acceptors (Lipinski definition) is 5. The Kier molecular flexibility index (Phi) is 6.85. The van der Waals surface area contributed by atoms with Crippen LogP contribution >= 0.6 is 15.9 Å². The van der Waals surface area contributed by atoms with Gasteiger partial charge in [0.1, 0.15) is 0 Å². The highest BCUT2D eigenvalue weighted by atomic mass is 79.9. The molecule has 0 heterocycles. The van der Waals surface area contributed by atoms with Crippen molar-refractivity contribution in [3.05, 3.63) is 46.9 Å². The quantitative estimate of drug-likeness (QED) is 0.639. The highest BCUT2D eigenvalue weighted by molar-refractivity contribution is 9.10. The third-order valence-corrected chi connectivity index (χ3v) is 6.35. The Morgan fingerprint density at radius 2 is 1.59 bits per heavy atom. The summed E-state index contributed by atoms with van der Waals surface area (Å²) in [5.74, 6) is 0.632. The van der Waals surface area contributed by atoms with Gasteiger partial charge in [-0.1, -0.05) is 15.9 Å². The molecule has 0 bridgehead atoms. The first-order valence-corrected chi connectivity index (χ1v) is 10.1. The van der Waals surface area contributed by atoms with Crippen molar-refractivity contribution in [2.75, 3.05) is 39.8 Å². The number of amides is 1. The maximum atomic E-state index is 12.6. The zero-order chi connectivity index (χ0) is 20.2. The van der Waals surface area contributed by atoms with E-state index in [2.05, 4.69) is 15.9 Å². The minimum absolute atomic E-state index is 0.120. The van der Waals surface area contributed by atoms with Crippen molar-refractivity contribution in [1.82, 2.24) is 4.31 Å². The highest BCUT2D eigenvalue weighted by Crippen LogP contribution is 2.31. The number of nitrogens with zero attached hydrogens (tertiary/aromatic N) is 2. The molecule has 0 spiro atoms. The third kappa shape index (κ3) is 4.79. The molecule has 0 unspecified atom stereocenters. The summed E-state index contributed by atoms with van der Waals surface area (Å²) < 4.78 is 37.5. The summed E-state index contributed by atoms with van der Waals surface area (Å²) in [6.45, 7) is -0.302. The zero-order valence-electron chi connectivity index (χ0n) is 15.5. The molecule has 9 heteroatoms. The van der Waals surface area contributed by atoms with Crippen LogP contribution in [-0.2, 0) is 14.8 Å². The minimum Gasteiger partial charge on any atom is -0.493 e. The number of ether oxygens (including phenoxy) is 2. The van der Waals surface area contributed by atoms with E-state index in [1.54, 1.807) is 37.4 Å². The van der Waals surface area contributed by atoms with Gasteiger partial charge in [-0.2, -0.15) is 4.31 Å². The second kappa shape index (κ2) is 8.73. The van der Waals surface area contributed by atoms with E-state index < -0.39 is 10.0 Å². The molecule has 7 nitrogen and oxygen atoms in total. The first kappa shape index (κ1) is 21.2. The van der Waals surface area contributed by atoms with E-state index in [0.29, 0.717) is 17.2 Å². The van der Waals surface area contributed by atoms with Crippen molar-refractivity contribution in [1.29, 1.82) is 0 Å². The summed E-state index contributed by atoms with van der Waals surface area (Å²) >= 11 is 3.27. The zero-order valence-corrected chi connectivity index (χ0v) is 17.9. The van der Waals surface area contributed by atoms with Crippen molar-refractivity contribution in [2.45, 2.75) is 4.90 Å². The Bertz CT molecular complexity index is 916. The fourth-order valence-corrected chi connectivity index (χ4v) is 3.73. The fraction of sp³-hybridized carbons (Fsp3) is 0.278. The van der Waals surface area contributed by atoms with E-state index >= 15 is 0 Å². The molecule has 0 saturated heterocycles. The van der Waals surface area contributed by atoms with E-state index in [1.165, 1.54) is 38.3 Å². The Morgan fingerprint density at radius 3 is 2.15 bits per heavy atom. The molecule has 0 fully saturated rings. The molecule has 2 aromatic rings. The van der Waals surface area contributed by atoms with Gasteiger partial charge in [-0.05, 0) is 36.4 Å². The molecule has 146 valence electrons. The third-order valence-electron chi connectivity index (χ3n) is 4.01. The Balaban J connectivity index is 2.17. The van der Waals surface area contributed by atoms with Crippen molar-refractivity contribution in [2.24, 2.45) is 0 Å². The lowest BCUT2D eigenvalue weighted by molar-refractivity contribution is -0.118. The van der Waals surface area contributed by atoms with Gasteiger partial charge in [0.15, 0.2) is 11.5 Å². The normalized spacial score (nSPS) is 11.3. The molecule has 0 N–H and O–H groups in total. The second-order valence-corrected chi connectivity index (χ2v) is 8.67. The van der Waals surface area contributed by atoms with Crippen molar-refractivity contribution >= 4 is 37.5 Å². The van der Waals surface area contributed by atoms with Gasteiger partial charge < -0.3 is 14.4 Å². The topological polar surface area (TPSA) is 76.2 Å². The van der Waals surface area contributed by atoms with Crippen LogP contribution in [-0.4, -0.2) is 53.5 Å². The number of carbonyl (C=O) groups is 1. The Morgan fingerprint density at radius 1 is 1.00 bits per heavy atom. The summed E-state index contributed by atoms with van der Waals surface area (Å²) in [5.41, 5.74) is 0.562. The van der Waals surface area contributed by atoms with Crippen LogP contribution in [0, 0.1) is 0 Å². The maximum absolute atomic E-state index is 12.6. The average Bonchev–Trinajstić information content (AvgIpc) is 2.66. The van der Waals surface area contributed by atoms with Crippen molar-refractivity contribution < 1.29 is 22.7 Å². The smallest absolute Gasteiger partial charge is 0.243 e. The van der Waals surface area contributed by atoms with Crippen LogP contribution in [0.2, 0.25) is 0 Å². The summed E-state index contributed by atoms with van der Waals surface area (Å²) in [4.78, 5) is 14.1. The van der Waals surface area contributed by atoms with Crippen LogP contribution < -0.4 is 14.4 Å². The first-order valence-electron chi connectivity index (χ1n) is 7.91. The fourth-order valence-electron chi connectivity index (χ4n) is 2.35. The van der Waals surface area contributed by atoms with Gasteiger partial charge in [0.05, 0.1) is 25.7 Å².